The molecule has 13 heteroatoms. The maximum absolute atomic E-state index is 13.9. The first-order chi connectivity index (χ1) is 30.5. The normalized spacial score (nSPS) is 13.0. The summed E-state index contributed by atoms with van der Waals surface area (Å²) in [6, 6.07) is 31.7. The van der Waals surface area contributed by atoms with Crippen molar-refractivity contribution in [2.45, 2.75) is 114 Å². The Hall–Kier alpha value is -5.98. The van der Waals surface area contributed by atoms with E-state index < -0.39 is 38.0 Å². The minimum Gasteiger partial charge on any atom is -0.493 e. The van der Waals surface area contributed by atoms with Gasteiger partial charge in [-0.1, -0.05) is 110 Å². The number of amides is 2. The summed E-state index contributed by atoms with van der Waals surface area (Å²) in [7, 11) is -4.05. The first kappa shape index (κ1) is 50.0. The topological polar surface area (TPSA) is 154 Å². The fourth-order valence-corrected chi connectivity index (χ4v) is 8.30. The van der Waals surface area contributed by atoms with Crippen molar-refractivity contribution in [2.75, 3.05) is 17.2 Å². The standard InChI is InChI=1S/C52H59ClN2O9S/c1-10-50(6,7)36-22-31-44(43(33-36)51(8,9)11-2)62-32-16-21-45(56)54-37-19-15-20-38(34-37)55-48(59)52(53,47(58)49(3,4)5)64-40-25-29-42(30-26-40)65(60,61)41-27-23-39(24-28-41)63-46(57)35-17-13-12-14-18-35/h12-15,17-20,22-31,33-34H,10-11,16,21,32H2,1-9H3,(H,54,56)(H,55,59). The quantitative estimate of drug-likeness (QED) is 0.0271. The molecule has 0 radical (unpaired) electrons. The molecule has 0 saturated heterocycles. The van der Waals surface area contributed by atoms with E-state index in [9.17, 15) is 27.6 Å². The number of hydrogen-bond donors (Lipinski definition) is 2. The Balaban J connectivity index is 1.22. The Kier molecular flexibility index (Phi) is 15.7. The maximum Gasteiger partial charge on any atom is 0.343 e. The van der Waals surface area contributed by atoms with E-state index in [1.54, 1.807) is 69.3 Å². The molecular formula is C52H59ClN2O9S. The molecule has 2 amide bonds. The van der Waals surface area contributed by atoms with Gasteiger partial charge >= 0.3 is 11.0 Å². The molecule has 5 rings (SSSR count). The van der Waals surface area contributed by atoms with E-state index >= 15 is 0 Å². The minimum atomic E-state index is -4.05. The molecule has 0 spiro atoms. The number of alkyl halides is 1. The van der Waals surface area contributed by atoms with Crippen LogP contribution in [0, 0.1) is 5.41 Å². The van der Waals surface area contributed by atoms with Crippen LogP contribution in [0.15, 0.2) is 131 Å². The summed E-state index contributed by atoms with van der Waals surface area (Å²) in [6.45, 7) is 18.3. The van der Waals surface area contributed by atoms with Crippen LogP contribution in [0.1, 0.15) is 109 Å². The number of ether oxygens (including phenoxy) is 3. The van der Waals surface area contributed by atoms with Crippen molar-refractivity contribution >= 4 is 56.4 Å². The molecule has 0 aliphatic rings. The molecule has 1 unspecified atom stereocenters. The fraction of sp³-hybridized carbons (Fsp3) is 0.346. The van der Waals surface area contributed by atoms with Gasteiger partial charge in [0.25, 0.3) is 5.91 Å². The van der Waals surface area contributed by atoms with Crippen LogP contribution < -0.4 is 24.8 Å². The number of hydrogen-bond acceptors (Lipinski definition) is 9. The van der Waals surface area contributed by atoms with Gasteiger partial charge in [-0.3, -0.25) is 14.4 Å². The third-order valence-electron chi connectivity index (χ3n) is 11.5. The lowest BCUT2D eigenvalue weighted by atomic mass is 9.76. The van der Waals surface area contributed by atoms with Gasteiger partial charge in [-0.15, -0.1) is 0 Å². The second kappa shape index (κ2) is 20.5. The highest BCUT2D eigenvalue weighted by atomic mass is 35.5. The first-order valence-corrected chi connectivity index (χ1v) is 23.5. The third-order valence-corrected chi connectivity index (χ3v) is 13.7. The van der Waals surface area contributed by atoms with Gasteiger partial charge in [0.2, 0.25) is 21.5 Å². The number of rotatable bonds is 19. The predicted molar refractivity (Wildman–Crippen MR) is 255 cm³/mol. The van der Waals surface area contributed by atoms with Crippen molar-refractivity contribution in [1.82, 2.24) is 0 Å². The molecule has 0 aliphatic heterocycles. The molecule has 0 aromatic heterocycles. The average molecular weight is 924 g/mol. The van der Waals surface area contributed by atoms with Gasteiger partial charge in [0.05, 0.1) is 22.0 Å². The van der Waals surface area contributed by atoms with E-state index in [2.05, 4.69) is 64.3 Å². The van der Waals surface area contributed by atoms with Crippen LogP contribution in [-0.4, -0.2) is 43.7 Å². The molecule has 65 heavy (non-hydrogen) atoms. The maximum atomic E-state index is 13.9. The van der Waals surface area contributed by atoms with Gasteiger partial charge in [-0.25, -0.2) is 13.2 Å². The molecule has 11 nitrogen and oxygen atoms in total. The van der Waals surface area contributed by atoms with Crippen molar-refractivity contribution < 1.29 is 41.8 Å². The van der Waals surface area contributed by atoms with E-state index in [1.807, 2.05) is 6.07 Å². The lowest BCUT2D eigenvalue weighted by Gasteiger charge is -2.31. The van der Waals surface area contributed by atoms with E-state index in [1.165, 1.54) is 60.2 Å². The van der Waals surface area contributed by atoms with Crippen molar-refractivity contribution in [3.8, 4) is 17.2 Å². The van der Waals surface area contributed by atoms with E-state index in [-0.39, 0.29) is 50.1 Å². The number of benzene rings is 5. The summed E-state index contributed by atoms with van der Waals surface area (Å²) in [5.41, 5.74) is 2.18. The van der Waals surface area contributed by atoms with Crippen molar-refractivity contribution in [2.24, 2.45) is 5.41 Å². The number of nitrogens with one attached hydrogen (secondary N) is 2. The summed E-state index contributed by atoms with van der Waals surface area (Å²) >= 11 is 6.82. The second-order valence-corrected chi connectivity index (χ2v) is 20.7. The number of esters is 1. The molecule has 0 fully saturated rings. The first-order valence-electron chi connectivity index (χ1n) is 21.6. The molecule has 0 bridgehead atoms. The number of halogens is 1. The van der Waals surface area contributed by atoms with E-state index in [0.29, 0.717) is 24.3 Å². The lowest BCUT2D eigenvalue weighted by Crippen LogP contribution is -2.54. The Morgan fingerprint density at radius 2 is 1.22 bits per heavy atom. The van der Waals surface area contributed by atoms with Gasteiger partial charge < -0.3 is 24.8 Å². The largest absolute Gasteiger partial charge is 0.493 e. The zero-order chi connectivity index (χ0) is 47.8. The Morgan fingerprint density at radius 3 is 1.78 bits per heavy atom. The molecule has 5 aromatic rings. The average Bonchev–Trinajstić information content (AvgIpc) is 3.27. The van der Waals surface area contributed by atoms with Crippen LogP contribution in [-0.2, 0) is 35.1 Å². The van der Waals surface area contributed by atoms with Crippen molar-refractivity contribution in [3.63, 3.8) is 0 Å². The molecule has 344 valence electrons. The van der Waals surface area contributed by atoms with Crippen LogP contribution in [0.2, 0.25) is 0 Å². The SMILES string of the molecule is CCC(C)(C)c1ccc(OCCCC(=O)Nc2cccc(NC(=O)C(Cl)(Oc3ccc(S(=O)(=O)c4ccc(OC(=O)c5ccccc5)cc4)cc3)C(=O)C(C)(C)C)c2)c(C(C)(C)CC)c1. The monoisotopic (exact) mass is 922 g/mol. The van der Waals surface area contributed by atoms with E-state index in [4.69, 9.17) is 25.8 Å². The molecule has 0 aliphatic carbocycles. The Bertz CT molecular complexity index is 2600. The highest BCUT2D eigenvalue weighted by molar-refractivity contribution is 7.91. The van der Waals surface area contributed by atoms with Crippen LogP contribution >= 0.6 is 11.6 Å². The number of carbonyl (C=O) groups excluding carboxylic acids is 4. The smallest absolute Gasteiger partial charge is 0.343 e. The molecule has 1 atom stereocenters. The third kappa shape index (κ3) is 12.4. The zero-order valence-corrected chi connectivity index (χ0v) is 40.1. The highest BCUT2D eigenvalue weighted by Gasteiger charge is 2.51. The summed E-state index contributed by atoms with van der Waals surface area (Å²) in [5, 5.41) is 2.92. The molecule has 0 heterocycles. The van der Waals surface area contributed by atoms with Crippen LogP contribution in [0.25, 0.3) is 0 Å². The van der Waals surface area contributed by atoms with Gasteiger partial charge in [-0.05, 0) is 121 Å². The number of sulfone groups is 1. The highest BCUT2D eigenvalue weighted by Crippen LogP contribution is 2.39. The molecule has 5 aromatic carbocycles. The van der Waals surface area contributed by atoms with Crippen molar-refractivity contribution in [1.29, 1.82) is 0 Å². The Labute approximate surface area is 388 Å². The zero-order valence-electron chi connectivity index (χ0n) is 38.5. The van der Waals surface area contributed by atoms with Crippen LogP contribution in [0.4, 0.5) is 11.4 Å². The predicted octanol–water partition coefficient (Wildman–Crippen LogP) is 11.5. The van der Waals surface area contributed by atoms with Crippen LogP contribution in [0.5, 0.6) is 17.2 Å². The molecule has 0 saturated carbocycles. The number of ketones is 1. The summed E-state index contributed by atoms with van der Waals surface area (Å²) in [6.07, 6.45) is 2.59. The number of anilines is 2. The fourth-order valence-electron chi connectivity index (χ4n) is 6.62. The molecular weight excluding hydrogens is 864 g/mol. The van der Waals surface area contributed by atoms with E-state index in [0.717, 1.165) is 24.2 Å². The summed E-state index contributed by atoms with van der Waals surface area (Å²) in [4.78, 5) is 53.0. The van der Waals surface area contributed by atoms with Gasteiger partial charge in [0.1, 0.15) is 17.2 Å². The van der Waals surface area contributed by atoms with Gasteiger partial charge in [0, 0.05) is 28.8 Å². The van der Waals surface area contributed by atoms with Crippen LogP contribution in [0.3, 0.4) is 0 Å². The summed E-state index contributed by atoms with van der Waals surface area (Å²) in [5.74, 6) is -1.67. The number of carbonyl (C=O) groups is 4. The van der Waals surface area contributed by atoms with Gasteiger partial charge in [0.15, 0.2) is 0 Å². The second-order valence-electron chi connectivity index (χ2n) is 18.2. The Morgan fingerprint density at radius 1 is 0.646 bits per heavy atom. The minimum absolute atomic E-state index is 0.0331. The van der Waals surface area contributed by atoms with Gasteiger partial charge in [-0.2, -0.15) is 0 Å². The van der Waals surface area contributed by atoms with Crippen molar-refractivity contribution in [3.05, 3.63) is 138 Å². The number of Topliss-reactive ketones (excluding diaryl/α,β-unsaturated/α-hetero) is 1. The summed E-state index contributed by atoms with van der Waals surface area (Å²) < 4.78 is 44.6. The lowest BCUT2D eigenvalue weighted by molar-refractivity contribution is -0.144. The molecule has 2 N–H and O–H groups in total.